The van der Waals surface area contributed by atoms with E-state index >= 15 is 0 Å². The Balaban J connectivity index is 1.42. The monoisotopic (exact) mass is 508 g/mol. The smallest absolute Gasteiger partial charge is 0.394 e. The Morgan fingerprint density at radius 1 is 0.568 bits per heavy atom. The first-order valence-electron chi connectivity index (χ1n) is 11.9. The van der Waals surface area contributed by atoms with Gasteiger partial charge in [0.25, 0.3) is 0 Å². The van der Waals surface area contributed by atoms with Crippen LogP contribution in [0.5, 0.6) is 0 Å². The Kier molecular flexibility index (Phi) is 5.64. The summed E-state index contributed by atoms with van der Waals surface area (Å²) in [6.45, 7) is 0. The number of anilines is 4. The van der Waals surface area contributed by atoms with E-state index in [1.807, 2.05) is 121 Å². The standard InChI is InChI=1S/C30H25N2O4P/c1-31-25-15-7-3-11-21(25)19-29(23-13-5-9-17-27(23)31)35-37(33,34)36-30-20-22-12-4-8-16-26(22)32(2)28-18-10-6-14-24(28)30/h3-20H,1-2H3,(H,33,34). The zero-order valence-electron chi connectivity index (χ0n) is 20.4. The predicted octanol–water partition coefficient (Wildman–Crippen LogP) is 7.68. The van der Waals surface area contributed by atoms with E-state index in [9.17, 15) is 9.46 Å². The molecule has 7 heteroatoms. The molecule has 0 spiro atoms. The lowest BCUT2D eigenvalue weighted by Crippen LogP contribution is -2.11. The molecule has 2 heterocycles. The lowest BCUT2D eigenvalue weighted by molar-refractivity contribution is 0.265. The van der Waals surface area contributed by atoms with Gasteiger partial charge in [0, 0.05) is 47.7 Å². The van der Waals surface area contributed by atoms with Crippen LogP contribution in [0.2, 0.25) is 0 Å². The van der Waals surface area contributed by atoms with E-state index < -0.39 is 7.82 Å². The Labute approximate surface area is 215 Å². The van der Waals surface area contributed by atoms with Crippen molar-refractivity contribution in [3.8, 4) is 0 Å². The predicted molar refractivity (Wildman–Crippen MR) is 150 cm³/mol. The number of phosphoric acid groups is 1. The van der Waals surface area contributed by atoms with Crippen molar-refractivity contribution in [2.45, 2.75) is 0 Å². The molecule has 1 N–H and O–H groups in total. The molecular weight excluding hydrogens is 483 g/mol. The maximum atomic E-state index is 13.6. The minimum atomic E-state index is -4.62. The quantitative estimate of drug-likeness (QED) is 0.285. The van der Waals surface area contributed by atoms with Gasteiger partial charge in [-0.2, -0.15) is 0 Å². The molecule has 2 aliphatic heterocycles. The summed E-state index contributed by atoms with van der Waals surface area (Å²) in [5.41, 5.74) is 6.75. The molecule has 0 radical (unpaired) electrons. The molecule has 0 unspecified atom stereocenters. The van der Waals surface area contributed by atoms with Gasteiger partial charge in [0.2, 0.25) is 0 Å². The van der Waals surface area contributed by atoms with Gasteiger partial charge in [-0.1, -0.05) is 60.7 Å². The van der Waals surface area contributed by atoms with Gasteiger partial charge >= 0.3 is 7.82 Å². The van der Waals surface area contributed by atoms with Crippen LogP contribution in [0.4, 0.5) is 22.7 Å². The molecule has 0 atom stereocenters. The van der Waals surface area contributed by atoms with Crippen LogP contribution >= 0.6 is 7.82 Å². The van der Waals surface area contributed by atoms with Crippen molar-refractivity contribution in [3.05, 3.63) is 119 Å². The Morgan fingerprint density at radius 2 is 0.919 bits per heavy atom. The number of nitrogens with zero attached hydrogens (tertiary/aromatic N) is 2. The summed E-state index contributed by atoms with van der Waals surface area (Å²) in [6, 6.07) is 30.9. The van der Waals surface area contributed by atoms with Crippen molar-refractivity contribution in [1.29, 1.82) is 0 Å². The number of benzene rings is 4. The summed E-state index contributed by atoms with van der Waals surface area (Å²) in [4.78, 5) is 15.2. The molecule has 0 aromatic heterocycles. The second-order valence-corrected chi connectivity index (χ2v) is 10.2. The third kappa shape index (κ3) is 4.20. The fraction of sp³-hybridized carbons (Fsp3) is 0.0667. The topological polar surface area (TPSA) is 62.2 Å². The number of para-hydroxylation sites is 4. The third-order valence-electron chi connectivity index (χ3n) is 6.66. The lowest BCUT2D eigenvalue weighted by atomic mass is 10.1. The first-order valence-corrected chi connectivity index (χ1v) is 13.4. The van der Waals surface area contributed by atoms with E-state index in [0.717, 1.165) is 33.9 Å². The largest absolute Gasteiger partial charge is 0.584 e. The summed E-state index contributed by atoms with van der Waals surface area (Å²) in [6.07, 6.45) is 3.56. The minimum Gasteiger partial charge on any atom is -0.394 e. The van der Waals surface area contributed by atoms with Gasteiger partial charge in [0.05, 0.1) is 11.4 Å². The molecular formula is C30H25N2O4P. The lowest BCUT2D eigenvalue weighted by Gasteiger charge is -2.23. The Morgan fingerprint density at radius 3 is 1.35 bits per heavy atom. The normalized spacial score (nSPS) is 14.1. The molecule has 4 aromatic rings. The van der Waals surface area contributed by atoms with Crippen molar-refractivity contribution >= 4 is 54.2 Å². The number of fused-ring (bicyclic) bond motifs is 4. The van der Waals surface area contributed by atoms with Gasteiger partial charge in [-0.05, 0) is 48.6 Å². The van der Waals surface area contributed by atoms with Crippen LogP contribution in [-0.4, -0.2) is 19.0 Å². The van der Waals surface area contributed by atoms with Crippen LogP contribution in [0.3, 0.4) is 0 Å². The van der Waals surface area contributed by atoms with Crippen LogP contribution in [0.25, 0.3) is 23.7 Å². The van der Waals surface area contributed by atoms with Gasteiger partial charge in [-0.25, -0.2) is 4.57 Å². The zero-order chi connectivity index (χ0) is 25.6. The highest BCUT2D eigenvalue weighted by Crippen LogP contribution is 2.55. The van der Waals surface area contributed by atoms with E-state index in [1.54, 1.807) is 12.2 Å². The van der Waals surface area contributed by atoms with Crippen molar-refractivity contribution in [3.63, 3.8) is 0 Å². The van der Waals surface area contributed by atoms with E-state index in [1.165, 1.54) is 0 Å². The molecule has 6 rings (SSSR count). The van der Waals surface area contributed by atoms with Crippen molar-refractivity contribution in [1.82, 2.24) is 0 Å². The fourth-order valence-electron chi connectivity index (χ4n) is 4.89. The highest BCUT2D eigenvalue weighted by atomic mass is 31.2. The molecule has 184 valence electrons. The second kappa shape index (κ2) is 9.00. The van der Waals surface area contributed by atoms with E-state index in [2.05, 4.69) is 0 Å². The zero-order valence-corrected chi connectivity index (χ0v) is 21.3. The fourth-order valence-corrected chi connectivity index (χ4v) is 5.73. The average Bonchev–Trinajstić information content (AvgIpc) is 3.10. The molecule has 0 aliphatic carbocycles. The maximum Gasteiger partial charge on any atom is 0.584 e. The number of rotatable bonds is 4. The van der Waals surface area contributed by atoms with Crippen LogP contribution in [0.1, 0.15) is 22.3 Å². The van der Waals surface area contributed by atoms with E-state index in [-0.39, 0.29) is 11.5 Å². The summed E-state index contributed by atoms with van der Waals surface area (Å²) in [5.74, 6) is 0.525. The average molecular weight is 509 g/mol. The van der Waals surface area contributed by atoms with Gasteiger partial charge in [-0.3, -0.25) is 4.89 Å². The second-order valence-electron chi connectivity index (χ2n) is 8.94. The van der Waals surface area contributed by atoms with Crippen molar-refractivity contribution < 1.29 is 18.5 Å². The molecule has 0 saturated carbocycles. The molecule has 0 saturated heterocycles. The van der Waals surface area contributed by atoms with Crippen LogP contribution in [0, 0.1) is 0 Å². The van der Waals surface area contributed by atoms with Gasteiger partial charge < -0.3 is 18.8 Å². The summed E-state index contributed by atoms with van der Waals surface area (Å²) in [7, 11) is -0.690. The Hall–Kier alpha value is -4.25. The highest BCUT2D eigenvalue weighted by molar-refractivity contribution is 7.48. The molecule has 0 bridgehead atoms. The maximum absolute atomic E-state index is 13.6. The van der Waals surface area contributed by atoms with Crippen LogP contribution in [0.15, 0.2) is 97.1 Å². The molecule has 6 nitrogen and oxygen atoms in total. The molecule has 2 aliphatic rings. The highest BCUT2D eigenvalue weighted by Gasteiger charge is 2.32. The number of phosphoric ester groups is 1. The minimum absolute atomic E-state index is 0.262. The molecule has 37 heavy (non-hydrogen) atoms. The summed E-state index contributed by atoms with van der Waals surface area (Å²) < 4.78 is 25.2. The van der Waals surface area contributed by atoms with Crippen molar-refractivity contribution in [2.24, 2.45) is 0 Å². The van der Waals surface area contributed by atoms with E-state index in [0.29, 0.717) is 11.1 Å². The summed E-state index contributed by atoms with van der Waals surface area (Å²) in [5, 5.41) is 0. The van der Waals surface area contributed by atoms with E-state index in [4.69, 9.17) is 9.05 Å². The first kappa shape index (κ1) is 23.2. The number of hydrogen-bond donors (Lipinski definition) is 1. The van der Waals surface area contributed by atoms with Crippen LogP contribution < -0.4 is 9.80 Å². The van der Waals surface area contributed by atoms with Crippen molar-refractivity contribution in [2.75, 3.05) is 23.9 Å². The Bertz CT molecular complexity index is 1510. The van der Waals surface area contributed by atoms with Gasteiger partial charge in [0.1, 0.15) is 11.5 Å². The molecule has 4 aromatic carbocycles. The van der Waals surface area contributed by atoms with Gasteiger partial charge in [-0.15, -0.1) is 0 Å². The molecule has 0 fully saturated rings. The van der Waals surface area contributed by atoms with Gasteiger partial charge in [0.15, 0.2) is 0 Å². The number of hydrogen-bond acceptors (Lipinski definition) is 5. The van der Waals surface area contributed by atoms with Crippen LogP contribution in [-0.2, 0) is 13.6 Å². The summed E-state index contributed by atoms with van der Waals surface area (Å²) >= 11 is 0. The SMILES string of the molecule is CN1c2ccccc2C=C(OP(=O)(O)OC2=Cc3ccccc3N(C)c3ccccc32)c2ccccc21. The molecule has 0 amide bonds. The first-order chi connectivity index (χ1) is 17.9. The third-order valence-corrected chi connectivity index (χ3v) is 7.51.